The molecule has 234 valence electrons. The van der Waals surface area contributed by atoms with Crippen molar-refractivity contribution in [3.8, 4) is 33.8 Å². The number of hydrogen-bond donors (Lipinski definition) is 1. The summed E-state index contributed by atoms with van der Waals surface area (Å²) in [6, 6.07) is 33.0. The van der Waals surface area contributed by atoms with Gasteiger partial charge in [0.1, 0.15) is 11.5 Å². The van der Waals surface area contributed by atoms with Crippen LogP contribution >= 0.6 is 0 Å². The lowest BCUT2D eigenvalue weighted by molar-refractivity contribution is 0.0731. The van der Waals surface area contributed by atoms with E-state index in [4.69, 9.17) is 9.47 Å². The molecule has 0 saturated carbocycles. The van der Waals surface area contributed by atoms with Crippen LogP contribution in [0.25, 0.3) is 27.8 Å². The van der Waals surface area contributed by atoms with Gasteiger partial charge in [-0.1, -0.05) is 78.9 Å². The number of allylic oxidation sites excluding steroid dienone is 2. The van der Waals surface area contributed by atoms with E-state index in [1.165, 1.54) is 44.5 Å². The normalized spacial score (nSPS) is 14.2. The van der Waals surface area contributed by atoms with Crippen LogP contribution in [0.4, 0.5) is 0 Å². The maximum absolute atomic E-state index is 15.1. The zero-order valence-corrected chi connectivity index (χ0v) is 26.8. The van der Waals surface area contributed by atoms with E-state index in [1.54, 1.807) is 14.2 Å². The van der Waals surface area contributed by atoms with Gasteiger partial charge in [0.15, 0.2) is 0 Å². The number of methoxy groups -OCH3 is 2. The third-order valence-electron chi connectivity index (χ3n) is 10.2. The second-order valence-corrected chi connectivity index (χ2v) is 12.6. The number of aliphatic hydroxyl groups is 1. The molecule has 0 spiro atoms. The number of carbonyl (C=O) groups is 1. The zero-order valence-electron chi connectivity index (χ0n) is 26.8. The molecule has 0 saturated heterocycles. The minimum Gasteiger partial charge on any atom is -0.497 e. The Morgan fingerprint density at radius 1 is 0.702 bits per heavy atom. The van der Waals surface area contributed by atoms with Gasteiger partial charge in [0.25, 0.3) is 5.91 Å². The van der Waals surface area contributed by atoms with Crippen LogP contribution in [0.3, 0.4) is 0 Å². The number of rotatable bonds is 8. The van der Waals surface area contributed by atoms with Gasteiger partial charge >= 0.3 is 0 Å². The number of hydrogen-bond acceptors (Lipinski definition) is 4. The van der Waals surface area contributed by atoms with Gasteiger partial charge in [-0.05, 0) is 117 Å². The lowest BCUT2D eigenvalue weighted by atomic mass is 9.83. The molecule has 1 heterocycles. The standard InChI is InChI=1S/C42H37NO4/c1-46-30-18-13-27(14-19-30)41(28-15-20-31(47-2)21-16-28)43-25-37-38-34-12-6-5-10-32(34)26(9-7-23-44)17-22-35(38)36-24-29-8-3-4-11-33(29)39(36)40(37)42(43)45/h3-6,8,10-21,41,44H,7,9,22-25H2,1-2H3. The predicted octanol–water partition coefficient (Wildman–Crippen LogP) is 8.40. The largest absolute Gasteiger partial charge is 0.497 e. The van der Waals surface area contributed by atoms with Crippen molar-refractivity contribution in [1.29, 1.82) is 0 Å². The summed E-state index contributed by atoms with van der Waals surface area (Å²) in [5, 5.41) is 9.72. The smallest absolute Gasteiger partial charge is 0.255 e. The molecule has 0 fully saturated rings. The summed E-state index contributed by atoms with van der Waals surface area (Å²) in [6.07, 6.45) is 5.51. The molecule has 5 aromatic carbocycles. The molecular formula is C42H37NO4. The quantitative estimate of drug-likeness (QED) is 0.186. The third-order valence-corrected chi connectivity index (χ3v) is 10.2. The molecule has 47 heavy (non-hydrogen) atoms. The van der Waals surface area contributed by atoms with Crippen molar-refractivity contribution in [1.82, 2.24) is 4.90 Å². The highest BCUT2D eigenvalue weighted by Gasteiger charge is 2.42. The maximum atomic E-state index is 15.1. The summed E-state index contributed by atoms with van der Waals surface area (Å²) < 4.78 is 11.0. The Morgan fingerprint density at radius 3 is 1.96 bits per heavy atom. The van der Waals surface area contributed by atoms with Crippen LogP contribution in [0.15, 0.2) is 103 Å². The Kier molecular flexibility index (Phi) is 7.42. The molecule has 0 radical (unpaired) electrons. The third kappa shape index (κ3) is 4.76. The van der Waals surface area contributed by atoms with E-state index in [0.717, 1.165) is 65.0 Å². The molecule has 2 aliphatic carbocycles. The number of carbonyl (C=O) groups excluding carboxylic acids is 1. The molecule has 5 heteroatoms. The second kappa shape index (κ2) is 11.9. The number of amides is 1. The van der Waals surface area contributed by atoms with E-state index in [2.05, 4.69) is 83.8 Å². The monoisotopic (exact) mass is 619 g/mol. The first kappa shape index (κ1) is 29.3. The molecule has 1 aliphatic heterocycles. The van der Waals surface area contributed by atoms with Gasteiger partial charge in [-0.2, -0.15) is 0 Å². The van der Waals surface area contributed by atoms with E-state index in [1.807, 2.05) is 24.3 Å². The molecule has 0 atom stereocenters. The van der Waals surface area contributed by atoms with Crippen molar-refractivity contribution in [3.63, 3.8) is 0 Å². The fourth-order valence-electron chi connectivity index (χ4n) is 8.00. The first-order valence-corrected chi connectivity index (χ1v) is 16.4. The van der Waals surface area contributed by atoms with Gasteiger partial charge in [-0.3, -0.25) is 4.79 Å². The SMILES string of the molecule is COc1ccc(C(c2ccc(OC)cc2)N2Cc3c(c4c(c5c3-c3ccccc3C(CCCO)=CC5)Cc3ccccc3-4)C2=O)cc1. The van der Waals surface area contributed by atoms with Crippen molar-refractivity contribution < 1.29 is 19.4 Å². The summed E-state index contributed by atoms with van der Waals surface area (Å²) >= 11 is 0. The molecule has 0 aromatic heterocycles. The Morgan fingerprint density at radius 2 is 1.32 bits per heavy atom. The molecule has 1 amide bonds. The molecule has 0 unspecified atom stereocenters. The Labute approximate surface area is 275 Å². The number of aliphatic hydroxyl groups excluding tert-OH is 1. The predicted molar refractivity (Wildman–Crippen MR) is 186 cm³/mol. The summed E-state index contributed by atoms with van der Waals surface area (Å²) in [7, 11) is 3.34. The van der Waals surface area contributed by atoms with Crippen molar-refractivity contribution in [2.75, 3.05) is 20.8 Å². The summed E-state index contributed by atoms with van der Waals surface area (Å²) in [5.74, 6) is 1.61. The highest BCUT2D eigenvalue weighted by atomic mass is 16.5. The molecule has 1 N–H and O–H groups in total. The Bertz CT molecular complexity index is 1990. The van der Waals surface area contributed by atoms with Crippen molar-refractivity contribution in [2.45, 2.75) is 38.3 Å². The van der Waals surface area contributed by atoms with E-state index in [-0.39, 0.29) is 18.6 Å². The fourth-order valence-corrected chi connectivity index (χ4v) is 8.00. The number of fused-ring (bicyclic) bond motifs is 10. The maximum Gasteiger partial charge on any atom is 0.255 e. The lowest BCUT2D eigenvalue weighted by Crippen LogP contribution is -2.30. The van der Waals surface area contributed by atoms with Gasteiger partial charge in [0.05, 0.1) is 25.8 Å². The molecule has 3 aliphatic rings. The average molecular weight is 620 g/mol. The first-order valence-electron chi connectivity index (χ1n) is 16.4. The van der Waals surface area contributed by atoms with Crippen LogP contribution in [0.5, 0.6) is 11.5 Å². The van der Waals surface area contributed by atoms with E-state index in [0.29, 0.717) is 6.54 Å². The fraction of sp³-hybridized carbons (Fsp3) is 0.214. The van der Waals surface area contributed by atoms with E-state index in [9.17, 15) is 5.11 Å². The Balaban J connectivity index is 1.36. The molecular weight excluding hydrogens is 582 g/mol. The van der Waals surface area contributed by atoms with Crippen LogP contribution in [-0.2, 0) is 19.4 Å². The minimum absolute atomic E-state index is 0.0579. The van der Waals surface area contributed by atoms with Gasteiger partial charge < -0.3 is 19.5 Å². The van der Waals surface area contributed by atoms with Gasteiger partial charge in [-0.25, -0.2) is 0 Å². The summed E-state index contributed by atoms with van der Waals surface area (Å²) in [6.45, 7) is 0.656. The van der Waals surface area contributed by atoms with Crippen LogP contribution < -0.4 is 9.47 Å². The van der Waals surface area contributed by atoms with Gasteiger partial charge in [0, 0.05) is 13.2 Å². The van der Waals surface area contributed by atoms with E-state index >= 15 is 4.79 Å². The highest BCUT2D eigenvalue weighted by Crippen LogP contribution is 2.53. The van der Waals surface area contributed by atoms with E-state index < -0.39 is 0 Å². The van der Waals surface area contributed by atoms with Crippen LogP contribution in [-0.4, -0.2) is 36.7 Å². The molecule has 8 rings (SSSR count). The molecule has 5 nitrogen and oxygen atoms in total. The molecule has 0 bridgehead atoms. The lowest BCUT2D eigenvalue weighted by Gasteiger charge is -2.29. The number of ether oxygens (including phenoxy) is 2. The average Bonchev–Trinajstić information content (AvgIpc) is 3.60. The van der Waals surface area contributed by atoms with Crippen molar-refractivity contribution in [3.05, 3.63) is 148 Å². The van der Waals surface area contributed by atoms with Crippen molar-refractivity contribution in [2.24, 2.45) is 0 Å². The molecule has 5 aromatic rings. The second-order valence-electron chi connectivity index (χ2n) is 12.6. The number of benzene rings is 5. The zero-order chi connectivity index (χ0) is 32.1. The first-order chi connectivity index (χ1) is 23.1. The van der Waals surface area contributed by atoms with Crippen LogP contribution in [0, 0.1) is 0 Å². The van der Waals surface area contributed by atoms with Crippen LogP contribution in [0.1, 0.15) is 68.2 Å². The summed E-state index contributed by atoms with van der Waals surface area (Å²) in [5.41, 5.74) is 15.0. The van der Waals surface area contributed by atoms with Gasteiger partial charge in [0.2, 0.25) is 0 Å². The highest BCUT2D eigenvalue weighted by molar-refractivity contribution is 6.10. The Hall–Kier alpha value is -5.13. The minimum atomic E-state index is -0.311. The van der Waals surface area contributed by atoms with Crippen LogP contribution in [0.2, 0.25) is 0 Å². The van der Waals surface area contributed by atoms with Crippen molar-refractivity contribution >= 4 is 11.5 Å². The number of nitrogens with zero attached hydrogens (tertiary/aromatic N) is 1. The summed E-state index contributed by atoms with van der Waals surface area (Å²) in [4.78, 5) is 17.2. The van der Waals surface area contributed by atoms with Gasteiger partial charge in [-0.15, -0.1) is 0 Å². The topological polar surface area (TPSA) is 59.0 Å².